The Labute approximate surface area is 259 Å². The van der Waals surface area contributed by atoms with E-state index in [2.05, 4.69) is 5.32 Å². The van der Waals surface area contributed by atoms with Crippen LogP contribution in [0.25, 0.3) is 0 Å². The van der Waals surface area contributed by atoms with Gasteiger partial charge in [0.15, 0.2) is 0 Å². The molecule has 2 atom stereocenters. The summed E-state index contributed by atoms with van der Waals surface area (Å²) in [7, 11) is -4.24. The maximum atomic E-state index is 14.1. The molecule has 0 radical (unpaired) electrons. The Morgan fingerprint density at radius 3 is 2.19 bits per heavy atom. The summed E-state index contributed by atoms with van der Waals surface area (Å²) in [5.74, 6) is -1.29. The van der Waals surface area contributed by atoms with Crippen LogP contribution in [0, 0.1) is 0 Å². The lowest BCUT2D eigenvalue weighted by atomic mass is 10.0. The number of rotatable bonds is 12. The average molecular weight is 659 g/mol. The van der Waals surface area contributed by atoms with Gasteiger partial charge in [0.05, 0.1) is 27.6 Å². The molecule has 1 N–H and O–H groups in total. The van der Waals surface area contributed by atoms with E-state index in [-0.39, 0.29) is 34.7 Å². The Kier molecular flexibility index (Phi) is 11.5. The molecule has 0 heterocycles. The molecule has 0 saturated heterocycles. The van der Waals surface area contributed by atoms with Crippen LogP contribution in [0.4, 0.5) is 18.9 Å². The standard InChI is InChI=1S/C30H32Cl2F3N3O4S/c1-4-20(2)36-29(40)27(16-21-9-6-5-7-10-21)37(18-22-13-14-25(31)26(32)15-22)28(39)19-38(43(3,41)42)24-12-8-11-23(17-24)30(33,34)35/h5-15,17,20,27H,4,16,18-19H2,1-3H3,(H,36,40)/t20-,27+/m1/s1. The molecule has 232 valence electrons. The van der Waals surface area contributed by atoms with Crippen molar-refractivity contribution in [3.05, 3.63) is 99.5 Å². The SMILES string of the molecule is CC[C@@H](C)NC(=O)[C@H](Cc1ccccc1)N(Cc1ccc(Cl)c(Cl)c1)C(=O)CN(c1cccc(C(F)(F)F)c1)S(C)(=O)=O. The van der Waals surface area contributed by atoms with E-state index in [9.17, 15) is 31.2 Å². The monoisotopic (exact) mass is 657 g/mol. The number of sulfonamides is 1. The number of alkyl halides is 3. The number of hydrogen-bond donors (Lipinski definition) is 1. The molecule has 43 heavy (non-hydrogen) atoms. The molecule has 0 aliphatic rings. The smallest absolute Gasteiger partial charge is 0.352 e. The molecule has 0 spiro atoms. The Bertz CT molecular complexity index is 1540. The maximum Gasteiger partial charge on any atom is 0.416 e. The Hall–Kier alpha value is -3.28. The summed E-state index contributed by atoms with van der Waals surface area (Å²) in [6.07, 6.45) is -3.25. The molecule has 0 aliphatic carbocycles. The molecule has 0 aliphatic heterocycles. The predicted octanol–water partition coefficient (Wildman–Crippen LogP) is 6.33. The molecule has 0 saturated carbocycles. The van der Waals surface area contributed by atoms with E-state index in [0.29, 0.717) is 22.4 Å². The topological polar surface area (TPSA) is 86.8 Å². The number of anilines is 1. The molecule has 13 heteroatoms. The fourth-order valence-electron chi connectivity index (χ4n) is 4.28. The lowest BCUT2D eigenvalue weighted by molar-refractivity contribution is -0.140. The van der Waals surface area contributed by atoms with Gasteiger partial charge in [-0.25, -0.2) is 8.42 Å². The zero-order valence-corrected chi connectivity index (χ0v) is 26.1. The van der Waals surface area contributed by atoms with Gasteiger partial charge in [0.1, 0.15) is 12.6 Å². The number of nitrogens with one attached hydrogen (secondary N) is 1. The van der Waals surface area contributed by atoms with E-state index >= 15 is 0 Å². The van der Waals surface area contributed by atoms with Gasteiger partial charge >= 0.3 is 6.18 Å². The fourth-order valence-corrected chi connectivity index (χ4v) is 5.44. The number of carbonyl (C=O) groups is 2. The van der Waals surface area contributed by atoms with Crippen LogP contribution in [0.15, 0.2) is 72.8 Å². The first kappa shape index (κ1) is 34.2. The van der Waals surface area contributed by atoms with Gasteiger partial charge in [-0.3, -0.25) is 13.9 Å². The van der Waals surface area contributed by atoms with Gasteiger partial charge in [-0.2, -0.15) is 13.2 Å². The molecule has 3 aromatic rings. The molecule has 0 bridgehead atoms. The Morgan fingerprint density at radius 2 is 1.60 bits per heavy atom. The molecule has 3 rings (SSSR count). The average Bonchev–Trinajstić information content (AvgIpc) is 2.94. The number of amides is 2. The van der Waals surface area contributed by atoms with Crippen LogP contribution in [0.3, 0.4) is 0 Å². The second-order valence-corrected chi connectivity index (χ2v) is 12.8. The van der Waals surface area contributed by atoms with Gasteiger partial charge in [-0.15, -0.1) is 0 Å². The molecular weight excluding hydrogens is 626 g/mol. The van der Waals surface area contributed by atoms with Crippen LogP contribution in [0.5, 0.6) is 0 Å². The van der Waals surface area contributed by atoms with Crippen molar-refractivity contribution in [2.75, 3.05) is 17.1 Å². The van der Waals surface area contributed by atoms with Crippen molar-refractivity contribution < 1.29 is 31.2 Å². The summed E-state index contributed by atoms with van der Waals surface area (Å²) in [5.41, 5.74) is -0.184. The zero-order chi connectivity index (χ0) is 31.9. The first-order valence-electron chi connectivity index (χ1n) is 13.3. The van der Waals surface area contributed by atoms with E-state index in [4.69, 9.17) is 23.2 Å². The van der Waals surface area contributed by atoms with Crippen molar-refractivity contribution in [2.45, 2.75) is 51.5 Å². The highest BCUT2D eigenvalue weighted by Crippen LogP contribution is 2.32. The number of hydrogen-bond acceptors (Lipinski definition) is 4. The van der Waals surface area contributed by atoms with Crippen molar-refractivity contribution in [3.8, 4) is 0 Å². The van der Waals surface area contributed by atoms with Crippen molar-refractivity contribution in [2.24, 2.45) is 0 Å². The number of halogens is 5. The van der Waals surface area contributed by atoms with E-state index in [1.54, 1.807) is 36.4 Å². The van der Waals surface area contributed by atoms with Crippen LogP contribution in [-0.4, -0.2) is 50.0 Å². The van der Waals surface area contributed by atoms with E-state index in [1.165, 1.54) is 23.1 Å². The van der Waals surface area contributed by atoms with Crippen molar-refractivity contribution in [1.29, 1.82) is 0 Å². The predicted molar refractivity (Wildman–Crippen MR) is 162 cm³/mol. The quantitative estimate of drug-likeness (QED) is 0.247. The van der Waals surface area contributed by atoms with Crippen LogP contribution in [0.2, 0.25) is 10.0 Å². The van der Waals surface area contributed by atoms with Crippen LogP contribution in [-0.2, 0) is 38.8 Å². The minimum absolute atomic E-state index is 0.0819. The molecule has 7 nitrogen and oxygen atoms in total. The zero-order valence-electron chi connectivity index (χ0n) is 23.7. The second-order valence-electron chi connectivity index (χ2n) is 10.1. The van der Waals surface area contributed by atoms with Gasteiger partial charge < -0.3 is 10.2 Å². The Balaban J connectivity index is 2.11. The summed E-state index contributed by atoms with van der Waals surface area (Å²) in [6, 6.07) is 16.0. The van der Waals surface area contributed by atoms with Crippen LogP contribution >= 0.6 is 23.2 Å². The summed E-state index contributed by atoms with van der Waals surface area (Å²) >= 11 is 12.3. The van der Waals surface area contributed by atoms with Gasteiger partial charge in [-0.05, 0) is 54.8 Å². The summed E-state index contributed by atoms with van der Waals surface area (Å²) < 4.78 is 66.6. The van der Waals surface area contributed by atoms with Crippen molar-refractivity contribution >= 4 is 50.7 Å². The molecule has 0 unspecified atom stereocenters. The van der Waals surface area contributed by atoms with E-state index in [1.807, 2.05) is 13.8 Å². The molecular formula is C30H32Cl2F3N3O4S. The third-order valence-corrected chi connectivity index (χ3v) is 8.63. The molecule has 3 aromatic carbocycles. The van der Waals surface area contributed by atoms with Gasteiger partial charge in [0.25, 0.3) is 0 Å². The van der Waals surface area contributed by atoms with Crippen molar-refractivity contribution in [3.63, 3.8) is 0 Å². The normalized spacial score (nSPS) is 13.2. The lowest BCUT2D eigenvalue weighted by Gasteiger charge is -2.34. The second kappa shape index (κ2) is 14.5. The summed E-state index contributed by atoms with van der Waals surface area (Å²) in [4.78, 5) is 29.0. The highest BCUT2D eigenvalue weighted by atomic mass is 35.5. The van der Waals surface area contributed by atoms with Crippen molar-refractivity contribution in [1.82, 2.24) is 10.2 Å². The van der Waals surface area contributed by atoms with E-state index < -0.39 is 46.2 Å². The van der Waals surface area contributed by atoms with Gasteiger partial charge in [0, 0.05) is 19.0 Å². The molecule has 2 amide bonds. The maximum absolute atomic E-state index is 14.1. The Morgan fingerprint density at radius 1 is 0.930 bits per heavy atom. The lowest BCUT2D eigenvalue weighted by Crippen LogP contribution is -2.54. The first-order chi connectivity index (χ1) is 20.1. The number of nitrogens with zero attached hydrogens (tertiary/aromatic N) is 2. The minimum Gasteiger partial charge on any atom is -0.352 e. The summed E-state index contributed by atoms with van der Waals surface area (Å²) in [5, 5.41) is 3.37. The minimum atomic E-state index is -4.74. The third-order valence-electron chi connectivity index (χ3n) is 6.75. The van der Waals surface area contributed by atoms with E-state index in [0.717, 1.165) is 24.0 Å². The highest BCUT2D eigenvalue weighted by Gasteiger charge is 2.35. The number of benzene rings is 3. The molecule has 0 aromatic heterocycles. The molecule has 0 fully saturated rings. The van der Waals surface area contributed by atoms with Crippen LogP contribution < -0.4 is 9.62 Å². The van der Waals surface area contributed by atoms with Gasteiger partial charge in [0.2, 0.25) is 21.8 Å². The largest absolute Gasteiger partial charge is 0.416 e. The summed E-state index contributed by atoms with van der Waals surface area (Å²) in [6.45, 7) is 2.67. The van der Waals surface area contributed by atoms with Crippen LogP contribution in [0.1, 0.15) is 37.0 Å². The van der Waals surface area contributed by atoms with Gasteiger partial charge in [-0.1, -0.05) is 72.6 Å². The fraction of sp³-hybridized carbons (Fsp3) is 0.333. The number of carbonyl (C=O) groups excluding carboxylic acids is 2. The third kappa shape index (κ3) is 9.61. The first-order valence-corrected chi connectivity index (χ1v) is 15.9. The highest BCUT2D eigenvalue weighted by molar-refractivity contribution is 7.92.